The van der Waals surface area contributed by atoms with Gasteiger partial charge in [0.2, 0.25) is 0 Å². The van der Waals surface area contributed by atoms with Crippen molar-refractivity contribution >= 4 is 16.8 Å². The first kappa shape index (κ1) is 29.0. The number of ketones is 1. The first-order valence-electron chi connectivity index (χ1n) is 13.2. The van der Waals surface area contributed by atoms with Gasteiger partial charge in [0.1, 0.15) is 0 Å². The number of carbonyl (C=O) groups is 1. The molecule has 0 amide bonds. The largest absolute Gasteiger partial charge is 0.397 e. The molecule has 2 aromatic carbocycles. The van der Waals surface area contributed by atoms with E-state index < -0.39 is 0 Å². The highest BCUT2D eigenvalue weighted by Gasteiger charge is 2.14. The van der Waals surface area contributed by atoms with E-state index in [0.29, 0.717) is 11.4 Å². The maximum Gasteiger partial charge on any atom is 0.337 e. The standard InChI is InChI=1S/C15H15N3O.C15H12N2O2.C2H6O/c1-11(16)14-10-13-8-5-9-17(13)15(19)18(14)12-6-3-2-4-7-12;1-11(18)14-10-13-8-5-9-16(13)15(19)17(14)12-6-3-2-4-7-12;1-2-3/h2-11H,16H2,1H3;2-10H,1H3;3H,2H2,1H3. The molecule has 6 aromatic rings. The highest BCUT2D eigenvalue weighted by Crippen LogP contribution is 2.16. The lowest BCUT2D eigenvalue weighted by Crippen LogP contribution is -2.29. The van der Waals surface area contributed by atoms with Gasteiger partial charge in [-0.25, -0.2) is 9.59 Å². The Hall–Kier alpha value is -4.99. The number of fused-ring (bicyclic) bond motifs is 2. The van der Waals surface area contributed by atoms with E-state index in [0.717, 1.165) is 22.4 Å². The Morgan fingerprint density at radius 2 is 1.20 bits per heavy atom. The van der Waals surface area contributed by atoms with Gasteiger partial charge in [-0.3, -0.25) is 22.7 Å². The van der Waals surface area contributed by atoms with E-state index in [2.05, 4.69) is 0 Å². The van der Waals surface area contributed by atoms with Crippen LogP contribution in [0.1, 0.15) is 43.0 Å². The van der Waals surface area contributed by atoms with Crippen LogP contribution in [0.4, 0.5) is 0 Å². The van der Waals surface area contributed by atoms with Gasteiger partial charge in [0, 0.05) is 37.7 Å². The second kappa shape index (κ2) is 12.9. The van der Waals surface area contributed by atoms with Crippen LogP contribution in [0.5, 0.6) is 0 Å². The van der Waals surface area contributed by atoms with Crippen molar-refractivity contribution in [2.75, 3.05) is 6.61 Å². The first-order chi connectivity index (χ1) is 19.8. The lowest BCUT2D eigenvalue weighted by molar-refractivity contribution is 0.101. The summed E-state index contributed by atoms with van der Waals surface area (Å²) in [5.41, 5.74) is 9.98. The van der Waals surface area contributed by atoms with Gasteiger partial charge in [0.05, 0.1) is 28.1 Å². The van der Waals surface area contributed by atoms with E-state index >= 15 is 0 Å². The molecular formula is C32H33N5O4. The number of nitrogens with zero attached hydrogens (tertiary/aromatic N) is 4. The number of aliphatic hydroxyl groups excluding tert-OH is 1. The summed E-state index contributed by atoms with van der Waals surface area (Å²) in [6.45, 7) is 5.28. The third kappa shape index (κ3) is 6.11. The smallest absolute Gasteiger partial charge is 0.337 e. The molecule has 4 heterocycles. The lowest BCUT2D eigenvalue weighted by atomic mass is 10.2. The predicted octanol–water partition coefficient (Wildman–Crippen LogP) is 4.40. The summed E-state index contributed by atoms with van der Waals surface area (Å²) < 4.78 is 6.26. The fourth-order valence-electron chi connectivity index (χ4n) is 4.48. The summed E-state index contributed by atoms with van der Waals surface area (Å²) in [5.74, 6) is -0.135. The van der Waals surface area contributed by atoms with Crippen LogP contribution in [0.15, 0.2) is 119 Å². The maximum absolute atomic E-state index is 12.6. The molecule has 0 spiro atoms. The molecule has 210 valence electrons. The quantitative estimate of drug-likeness (QED) is 0.315. The summed E-state index contributed by atoms with van der Waals surface area (Å²) >= 11 is 0. The zero-order chi connectivity index (χ0) is 29.5. The fraction of sp³-hybridized carbons (Fsp3) is 0.156. The molecular weight excluding hydrogens is 518 g/mol. The zero-order valence-electron chi connectivity index (χ0n) is 23.2. The Kier molecular flexibility index (Phi) is 9.13. The average molecular weight is 552 g/mol. The molecule has 0 aliphatic rings. The zero-order valence-corrected chi connectivity index (χ0v) is 23.2. The topological polar surface area (TPSA) is 116 Å². The molecule has 0 radical (unpaired) electrons. The number of rotatable bonds is 4. The highest BCUT2D eigenvalue weighted by atomic mass is 16.2. The van der Waals surface area contributed by atoms with Crippen LogP contribution in [-0.4, -0.2) is 35.4 Å². The summed E-state index contributed by atoms with van der Waals surface area (Å²) in [4.78, 5) is 36.9. The van der Waals surface area contributed by atoms with Crippen molar-refractivity contribution in [2.45, 2.75) is 26.8 Å². The lowest BCUT2D eigenvalue weighted by Gasteiger charge is -2.16. The highest BCUT2D eigenvalue weighted by molar-refractivity contribution is 5.94. The van der Waals surface area contributed by atoms with Gasteiger partial charge in [-0.15, -0.1) is 0 Å². The molecule has 41 heavy (non-hydrogen) atoms. The van der Waals surface area contributed by atoms with Gasteiger partial charge >= 0.3 is 11.4 Å². The molecule has 0 aliphatic heterocycles. The third-order valence-corrected chi connectivity index (χ3v) is 6.29. The minimum Gasteiger partial charge on any atom is -0.397 e. The molecule has 3 N–H and O–H groups in total. The average Bonchev–Trinajstić information content (AvgIpc) is 3.65. The second-order valence-electron chi connectivity index (χ2n) is 9.27. The van der Waals surface area contributed by atoms with Gasteiger partial charge in [-0.05, 0) is 74.5 Å². The number of aromatic nitrogens is 4. The summed E-state index contributed by atoms with van der Waals surface area (Å²) in [7, 11) is 0. The molecule has 0 saturated heterocycles. The van der Waals surface area contributed by atoms with E-state index in [1.54, 1.807) is 40.4 Å². The monoisotopic (exact) mass is 551 g/mol. The van der Waals surface area contributed by atoms with Crippen molar-refractivity contribution in [3.63, 3.8) is 0 Å². The molecule has 9 heteroatoms. The van der Waals surface area contributed by atoms with Gasteiger partial charge < -0.3 is 10.8 Å². The van der Waals surface area contributed by atoms with Crippen LogP contribution in [0.25, 0.3) is 22.4 Å². The fourth-order valence-corrected chi connectivity index (χ4v) is 4.48. The Bertz CT molecular complexity index is 1880. The molecule has 4 aromatic heterocycles. The van der Waals surface area contributed by atoms with Crippen molar-refractivity contribution in [1.82, 2.24) is 17.9 Å². The number of Topliss-reactive ketones (excluding diaryl/α,β-unsaturated/α-hetero) is 1. The van der Waals surface area contributed by atoms with Crippen LogP contribution in [0.2, 0.25) is 0 Å². The molecule has 0 saturated carbocycles. The predicted molar refractivity (Wildman–Crippen MR) is 161 cm³/mol. The van der Waals surface area contributed by atoms with Gasteiger partial charge in [0.25, 0.3) is 0 Å². The van der Waals surface area contributed by atoms with Crippen molar-refractivity contribution in [2.24, 2.45) is 5.73 Å². The Morgan fingerprint density at radius 1 is 0.756 bits per heavy atom. The maximum atomic E-state index is 12.6. The number of para-hydroxylation sites is 2. The number of nitrogens with two attached hydrogens (primary N) is 1. The summed E-state index contributed by atoms with van der Waals surface area (Å²) in [5, 5.41) is 7.57. The van der Waals surface area contributed by atoms with Gasteiger partial charge in [0.15, 0.2) is 5.78 Å². The minimum atomic E-state index is -0.237. The summed E-state index contributed by atoms with van der Waals surface area (Å²) in [6.07, 6.45) is 3.46. The number of aliphatic hydroxyl groups is 1. The van der Waals surface area contributed by atoms with E-state index in [1.807, 2.05) is 91.9 Å². The number of hydrogen-bond donors (Lipinski definition) is 2. The number of benzene rings is 2. The van der Waals surface area contributed by atoms with Crippen LogP contribution in [0.3, 0.4) is 0 Å². The van der Waals surface area contributed by atoms with Crippen molar-refractivity contribution in [1.29, 1.82) is 0 Å². The number of hydrogen-bond acceptors (Lipinski definition) is 5. The molecule has 6 rings (SSSR count). The Morgan fingerprint density at radius 3 is 1.66 bits per heavy atom. The van der Waals surface area contributed by atoms with Crippen LogP contribution in [-0.2, 0) is 0 Å². The van der Waals surface area contributed by atoms with E-state index in [1.165, 1.54) is 15.9 Å². The Balaban J connectivity index is 0.000000173. The van der Waals surface area contributed by atoms with Crippen LogP contribution < -0.4 is 17.1 Å². The summed E-state index contributed by atoms with van der Waals surface area (Å²) in [6, 6.07) is 29.6. The minimum absolute atomic E-state index is 0.0963. The molecule has 0 bridgehead atoms. The van der Waals surface area contributed by atoms with Crippen molar-refractivity contribution in [3.05, 3.63) is 142 Å². The first-order valence-corrected chi connectivity index (χ1v) is 13.2. The van der Waals surface area contributed by atoms with Gasteiger partial charge in [-0.1, -0.05) is 36.4 Å². The van der Waals surface area contributed by atoms with Crippen molar-refractivity contribution in [3.8, 4) is 11.4 Å². The molecule has 9 nitrogen and oxygen atoms in total. The SMILES string of the molecule is CC(=O)c1cc2cccn2c(=O)n1-c1ccccc1.CC(N)c1cc2cccn2c(=O)n1-c1ccccc1.CCO. The van der Waals surface area contributed by atoms with E-state index in [4.69, 9.17) is 10.8 Å². The molecule has 0 fully saturated rings. The van der Waals surface area contributed by atoms with Crippen LogP contribution in [0, 0.1) is 0 Å². The number of carbonyl (C=O) groups excluding carboxylic acids is 1. The van der Waals surface area contributed by atoms with Crippen LogP contribution >= 0.6 is 0 Å². The Labute approximate surface area is 237 Å². The third-order valence-electron chi connectivity index (χ3n) is 6.29. The second-order valence-corrected chi connectivity index (χ2v) is 9.27. The molecule has 1 unspecified atom stereocenters. The van der Waals surface area contributed by atoms with Gasteiger partial charge in [-0.2, -0.15) is 0 Å². The van der Waals surface area contributed by atoms with Crippen molar-refractivity contribution < 1.29 is 9.90 Å². The normalized spacial score (nSPS) is 11.3. The van der Waals surface area contributed by atoms with E-state index in [9.17, 15) is 14.4 Å². The molecule has 1 atom stereocenters. The van der Waals surface area contributed by atoms with E-state index in [-0.39, 0.29) is 29.8 Å². The molecule has 0 aliphatic carbocycles.